The van der Waals surface area contributed by atoms with E-state index in [4.69, 9.17) is 4.74 Å². The van der Waals surface area contributed by atoms with E-state index in [0.29, 0.717) is 12.3 Å². The Bertz CT molecular complexity index is 1410. The number of fused-ring (bicyclic) bond motifs is 1. The number of amides is 1. The van der Waals surface area contributed by atoms with Crippen molar-refractivity contribution in [3.8, 4) is 5.69 Å². The smallest absolute Gasteiger partial charge is 0.330 e. The number of nitrogens with one attached hydrogen (secondary N) is 1. The van der Waals surface area contributed by atoms with E-state index < -0.39 is 5.54 Å². The van der Waals surface area contributed by atoms with Gasteiger partial charge < -0.3 is 10.1 Å². The summed E-state index contributed by atoms with van der Waals surface area (Å²) in [4.78, 5) is 25.4. The monoisotopic (exact) mass is 496 g/mol. The lowest BCUT2D eigenvalue weighted by Gasteiger charge is -2.24. The second-order valence-corrected chi connectivity index (χ2v) is 9.44. The second kappa shape index (κ2) is 11.6. The quantitative estimate of drug-likeness (QED) is 0.181. The summed E-state index contributed by atoms with van der Waals surface area (Å²) in [6, 6.07) is 21.5. The molecule has 0 atom stereocenters. The molecule has 1 amide bonds. The summed E-state index contributed by atoms with van der Waals surface area (Å²) < 4.78 is 6.93. The molecule has 7 heteroatoms. The zero-order valence-electron chi connectivity index (χ0n) is 21.5. The van der Waals surface area contributed by atoms with E-state index in [1.807, 2.05) is 93.7 Å². The second-order valence-electron chi connectivity index (χ2n) is 9.44. The number of para-hydroxylation sites is 1. The van der Waals surface area contributed by atoms with Crippen molar-refractivity contribution in [2.45, 2.75) is 45.6 Å². The first-order valence-electron chi connectivity index (χ1n) is 12.5. The van der Waals surface area contributed by atoms with Gasteiger partial charge in [0.2, 0.25) is 5.91 Å². The summed E-state index contributed by atoms with van der Waals surface area (Å²) in [5.41, 5.74) is 2.45. The van der Waals surface area contributed by atoms with Crippen molar-refractivity contribution in [2.24, 2.45) is 0 Å². The van der Waals surface area contributed by atoms with Crippen LogP contribution in [0.15, 0.2) is 79.0 Å². The van der Waals surface area contributed by atoms with Crippen molar-refractivity contribution in [2.75, 3.05) is 6.61 Å². The fourth-order valence-corrected chi connectivity index (χ4v) is 4.10. The molecule has 1 N–H and O–H groups in total. The minimum absolute atomic E-state index is 0.141. The van der Waals surface area contributed by atoms with Crippen LogP contribution in [0.5, 0.6) is 0 Å². The van der Waals surface area contributed by atoms with Gasteiger partial charge in [0.25, 0.3) is 0 Å². The van der Waals surface area contributed by atoms with E-state index in [1.54, 1.807) is 10.8 Å². The molecule has 0 unspecified atom stereocenters. The molecule has 0 radical (unpaired) electrons. The van der Waals surface area contributed by atoms with Gasteiger partial charge in [0.05, 0.1) is 30.5 Å². The van der Waals surface area contributed by atoms with Crippen LogP contribution in [0.25, 0.3) is 22.5 Å². The average molecular weight is 497 g/mol. The molecular formula is C30H32N4O3. The molecule has 0 aliphatic heterocycles. The first kappa shape index (κ1) is 25.8. The third-order valence-corrected chi connectivity index (χ3v) is 6.16. The molecule has 1 heterocycles. The molecule has 0 spiro atoms. The van der Waals surface area contributed by atoms with Crippen LogP contribution in [0.3, 0.4) is 0 Å². The van der Waals surface area contributed by atoms with Gasteiger partial charge in [0, 0.05) is 6.08 Å². The molecule has 0 saturated heterocycles. The van der Waals surface area contributed by atoms with Crippen molar-refractivity contribution in [3.05, 3.63) is 95.8 Å². The Morgan fingerprint density at radius 2 is 1.78 bits per heavy atom. The number of hydrogen-bond acceptors (Lipinski definition) is 5. The third kappa shape index (κ3) is 6.50. The predicted octanol–water partition coefficient (Wildman–Crippen LogP) is 5.37. The Morgan fingerprint density at radius 1 is 1.03 bits per heavy atom. The van der Waals surface area contributed by atoms with Crippen LogP contribution in [-0.2, 0) is 26.3 Å². The summed E-state index contributed by atoms with van der Waals surface area (Å²) in [6.07, 6.45) is 6.90. The fraction of sp³-hybridized carbons (Fsp3) is 0.267. The fourth-order valence-electron chi connectivity index (χ4n) is 4.10. The third-order valence-electron chi connectivity index (χ3n) is 6.16. The van der Waals surface area contributed by atoms with Gasteiger partial charge in [-0.15, -0.1) is 5.10 Å². The highest BCUT2D eigenvalue weighted by atomic mass is 16.5. The molecule has 0 bridgehead atoms. The minimum Gasteiger partial charge on any atom is -0.463 e. The van der Waals surface area contributed by atoms with Gasteiger partial charge in [-0.25, -0.2) is 9.48 Å². The molecule has 37 heavy (non-hydrogen) atoms. The van der Waals surface area contributed by atoms with Crippen LogP contribution in [0.1, 0.15) is 50.4 Å². The number of unbranched alkanes of at least 4 members (excludes halogenated alkanes) is 1. The van der Waals surface area contributed by atoms with Gasteiger partial charge in [-0.1, -0.05) is 73.2 Å². The molecule has 0 fully saturated rings. The summed E-state index contributed by atoms with van der Waals surface area (Å²) in [5, 5.41) is 13.6. The minimum atomic E-state index is -0.742. The lowest BCUT2D eigenvalue weighted by Crippen LogP contribution is -2.42. The maximum Gasteiger partial charge on any atom is 0.330 e. The molecule has 1 aromatic heterocycles. The Labute approximate surface area is 217 Å². The Kier molecular flexibility index (Phi) is 8.13. The van der Waals surface area contributed by atoms with Gasteiger partial charge in [-0.05, 0) is 60.4 Å². The van der Waals surface area contributed by atoms with Crippen molar-refractivity contribution in [1.82, 2.24) is 20.3 Å². The lowest BCUT2D eigenvalue weighted by molar-refractivity contribution is -0.137. The molecule has 4 aromatic rings. The SMILES string of the molecule is CCCCOC(=O)/C=C/c1ccc2ccccc2c1CC(=O)NC(C)(C)c1cn(-c2ccccc2)nn1. The average Bonchev–Trinajstić information content (AvgIpc) is 3.40. The standard InChI is InChI=1S/C30H32N4O3/c1-4-5-19-37-29(36)18-17-23-16-15-22-11-9-10-14-25(22)26(23)20-28(35)31-30(2,3)27-21-34(33-32-27)24-12-7-6-8-13-24/h6-18,21H,4-5,19-20H2,1-3H3,(H,31,35)/b18-17+. The van der Waals surface area contributed by atoms with Crippen molar-refractivity contribution in [3.63, 3.8) is 0 Å². The van der Waals surface area contributed by atoms with Gasteiger partial charge in [0.1, 0.15) is 5.69 Å². The van der Waals surface area contributed by atoms with Gasteiger partial charge in [-0.2, -0.15) is 0 Å². The molecule has 0 aliphatic rings. The van der Waals surface area contributed by atoms with E-state index in [0.717, 1.165) is 40.4 Å². The zero-order chi connectivity index (χ0) is 26.3. The van der Waals surface area contributed by atoms with Crippen molar-refractivity contribution >= 4 is 28.7 Å². The maximum atomic E-state index is 13.3. The highest BCUT2D eigenvalue weighted by molar-refractivity contribution is 5.95. The van der Waals surface area contributed by atoms with Gasteiger partial charge >= 0.3 is 5.97 Å². The van der Waals surface area contributed by atoms with E-state index in [-0.39, 0.29) is 18.3 Å². The summed E-state index contributed by atoms with van der Waals surface area (Å²) in [7, 11) is 0. The number of aromatic nitrogens is 3. The largest absolute Gasteiger partial charge is 0.463 e. The molecular weight excluding hydrogens is 464 g/mol. The first-order valence-corrected chi connectivity index (χ1v) is 12.5. The normalized spacial score (nSPS) is 11.6. The number of ether oxygens (including phenoxy) is 1. The van der Waals surface area contributed by atoms with Gasteiger partial charge in [0.15, 0.2) is 0 Å². The summed E-state index contributed by atoms with van der Waals surface area (Å²) >= 11 is 0. The molecule has 7 nitrogen and oxygen atoms in total. The Morgan fingerprint density at radius 3 is 2.57 bits per heavy atom. The highest BCUT2D eigenvalue weighted by Crippen LogP contribution is 2.25. The Hall–Kier alpha value is -4.26. The van der Waals surface area contributed by atoms with Crippen LogP contribution in [0, 0.1) is 0 Å². The lowest BCUT2D eigenvalue weighted by atomic mass is 9.95. The number of rotatable bonds is 10. The van der Waals surface area contributed by atoms with Crippen LogP contribution in [0.2, 0.25) is 0 Å². The molecule has 0 aliphatic carbocycles. The summed E-state index contributed by atoms with van der Waals surface area (Å²) in [5.74, 6) is -0.546. The topological polar surface area (TPSA) is 86.1 Å². The van der Waals surface area contributed by atoms with Crippen molar-refractivity contribution < 1.29 is 14.3 Å². The number of carbonyl (C=O) groups is 2. The maximum absolute atomic E-state index is 13.3. The zero-order valence-corrected chi connectivity index (χ0v) is 21.5. The highest BCUT2D eigenvalue weighted by Gasteiger charge is 2.27. The van der Waals surface area contributed by atoms with Crippen LogP contribution < -0.4 is 5.32 Å². The number of benzene rings is 3. The van der Waals surface area contributed by atoms with Gasteiger partial charge in [-0.3, -0.25) is 4.79 Å². The number of esters is 1. The molecule has 0 saturated carbocycles. The van der Waals surface area contributed by atoms with Crippen molar-refractivity contribution in [1.29, 1.82) is 0 Å². The van der Waals surface area contributed by atoms with E-state index in [1.165, 1.54) is 6.08 Å². The molecule has 3 aromatic carbocycles. The predicted molar refractivity (Wildman–Crippen MR) is 145 cm³/mol. The Balaban J connectivity index is 1.54. The first-order chi connectivity index (χ1) is 17.9. The van der Waals surface area contributed by atoms with E-state index >= 15 is 0 Å². The van der Waals surface area contributed by atoms with E-state index in [2.05, 4.69) is 15.6 Å². The number of hydrogen-bond donors (Lipinski definition) is 1. The van der Waals surface area contributed by atoms with E-state index in [9.17, 15) is 9.59 Å². The summed E-state index contributed by atoms with van der Waals surface area (Å²) in [6.45, 7) is 6.25. The molecule has 190 valence electrons. The van der Waals surface area contributed by atoms with Crippen LogP contribution in [0.4, 0.5) is 0 Å². The van der Waals surface area contributed by atoms with Crippen LogP contribution >= 0.6 is 0 Å². The number of nitrogens with zero attached hydrogens (tertiary/aromatic N) is 3. The number of carbonyl (C=O) groups excluding carboxylic acids is 2. The molecule has 4 rings (SSSR count). The van der Waals surface area contributed by atoms with Crippen LogP contribution in [-0.4, -0.2) is 33.5 Å².